The molecule has 0 fully saturated rings. The van der Waals surface area contributed by atoms with E-state index in [4.69, 9.17) is 10.2 Å². The highest BCUT2D eigenvalue weighted by Crippen LogP contribution is 2.16. The third kappa shape index (κ3) is 3.34. The molecule has 0 spiro atoms. The fraction of sp³-hybridized carbons (Fsp3) is 0.167. The van der Waals surface area contributed by atoms with E-state index in [0.29, 0.717) is 5.69 Å². The van der Waals surface area contributed by atoms with E-state index in [2.05, 4.69) is 5.32 Å². The van der Waals surface area contributed by atoms with Crippen LogP contribution in [0.4, 0.5) is 5.69 Å². The van der Waals surface area contributed by atoms with Gasteiger partial charge in [0, 0.05) is 11.9 Å². The predicted molar refractivity (Wildman–Crippen MR) is 62.9 cm³/mol. The fourth-order valence-corrected chi connectivity index (χ4v) is 1.26. The summed E-state index contributed by atoms with van der Waals surface area (Å²) in [5, 5.41) is 20.0. The molecule has 0 aliphatic rings. The Morgan fingerprint density at radius 3 is 2.29 bits per heavy atom. The van der Waals surface area contributed by atoms with E-state index in [0.717, 1.165) is 17.3 Å². The molecule has 0 heterocycles. The van der Waals surface area contributed by atoms with Gasteiger partial charge in [-0.1, -0.05) is 12.1 Å². The van der Waals surface area contributed by atoms with Crippen molar-refractivity contribution in [2.45, 2.75) is 13.8 Å². The molecule has 0 atom stereocenters. The topological polar surface area (TPSA) is 86.6 Å². The van der Waals surface area contributed by atoms with Crippen molar-refractivity contribution in [1.82, 2.24) is 0 Å². The average molecular weight is 235 g/mol. The van der Waals surface area contributed by atoms with Gasteiger partial charge in [0.1, 0.15) is 0 Å². The number of aliphatic carboxylic acids is 2. The van der Waals surface area contributed by atoms with Crippen molar-refractivity contribution in [3.05, 3.63) is 41.1 Å². The van der Waals surface area contributed by atoms with Crippen molar-refractivity contribution in [1.29, 1.82) is 0 Å². The summed E-state index contributed by atoms with van der Waals surface area (Å²) < 4.78 is 0. The van der Waals surface area contributed by atoms with Gasteiger partial charge < -0.3 is 15.5 Å². The standard InChI is InChI=1S/C12H13NO4/c1-7-3-4-8(2)10(5-7)13-6-9(11(14)15)12(16)17/h3-6,13H,1-2H3,(H,14,15)(H,16,17). The van der Waals surface area contributed by atoms with Crippen molar-refractivity contribution < 1.29 is 19.8 Å². The second kappa shape index (κ2) is 5.16. The molecule has 0 radical (unpaired) electrons. The Morgan fingerprint density at radius 1 is 1.18 bits per heavy atom. The predicted octanol–water partition coefficient (Wildman–Crippen LogP) is 1.77. The summed E-state index contributed by atoms with van der Waals surface area (Å²) in [6, 6.07) is 5.60. The van der Waals surface area contributed by atoms with Crippen LogP contribution in [0.3, 0.4) is 0 Å². The lowest BCUT2D eigenvalue weighted by molar-refractivity contribution is -0.140. The monoisotopic (exact) mass is 235 g/mol. The molecule has 0 saturated heterocycles. The minimum absolute atomic E-state index is 0.685. The van der Waals surface area contributed by atoms with E-state index < -0.39 is 17.5 Å². The van der Waals surface area contributed by atoms with E-state index in [-0.39, 0.29) is 0 Å². The van der Waals surface area contributed by atoms with Crippen molar-refractivity contribution >= 4 is 17.6 Å². The first-order chi connectivity index (χ1) is 7.91. The SMILES string of the molecule is Cc1ccc(C)c(NC=C(C(=O)O)C(=O)O)c1. The van der Waals surface area contributed by atoms with Crippen LogP contribution >= 0.6 is 0 Å². The lowest BCUT2D eigenvalue weighted by Crippen LogP contribution is -2.13. The van der Waals surface area contributed by atoms with Crippen LogP contribution in [-0.4, -0.2) is 22.2 Å². The van der Waals surface area contributed by atoms with Gasteiger partial charge in [-0.15, -0.1) is 0 Å². The number of anilines is 1. The van der Waals surface area contributed by atoms with Crippen LogP contribution in [0.25, 0.3) is 0 Å². The van der Waals surface area contributed by atoms with Crippen LogP contribution in [-0.2, 0) is 9.59 Å². The molecule has 0 aliphatic carbocycles. The molecule has 0 aromatic heterocycles. The van der Waals surface area contributed by atoms with Crippen LogP contribution in [0, 0.1) is 13.8 Å². The minimum Gasteiger partial charge on any atom is -0.477 e. The minimum atomic E-state index is -1.48. The molecule has 0 bridgehead atoms. The third-order valence-electron chi connectivity index (χ3n) is 2.23. The van der Waals surface area contributed by atoms with Gasteiger partial charge in [0.05, 0.1) is 0 Å². The lowest BCUT2D eigenvalue weighted by atomic mass is 10.1. The molecule has 17 heavy (non-hydrogen) atoms. The van der Waals surface area contributed by atoms with Crippen molar-refractivity contribution in [2.24, 2.45) is 0 Å². The van der Waals surface area contributed by atoms with Crippen molar-refractivity contribution in [3.8, 4) is 0 Å². The van der Waals surface area contributed by atoms with E-state index in [1.54, 1.807) is 0 Å². The van der Waals surface area contributed by atoms with Gasteiger partial charge in [0.25, 0.3) is 0 Å². The molecular formula is C12H13NO4. The maximum atomic E-state index is 10.6. The number of carboxylic acids is 2. The summed E-state index contributed by atoms with van der Waals surface area (Å²) in [6.45, 7) is 3.74. The summed E-state index contributed by atoms with van der Waals surface area (Å²) in [5.74, 6) is -2.95. The van der Waals surface area contributed by atoms with Gasteiger partial charge in [-0.2, -0.15) is 0 Å². The van der Waals surface area contributed by atoms with E-state index in [1.807, 2.05) is 32.0 Å². The third-order valence-corrected chi connectivity index (χ3v) is 2.23. The van der Waals surface area contributed by atoms with E-state index >= 15 is 0 Å². The first-order valence-corrected chi connectivity index (χ1v) is 4.92. The largest absolute Gasteiger partial charge is 0.477 e. The summed E-state index contributed by atoms with van der Waals surface area (Å²) in [5.41, 5.74) is 1.89. The smallest absolute Gasteiger partial charge is 0.344 e. The van der Waals surface area contributed by atoms with Crippen LogP contribution in [0.15, 0.2) is 30.0 Å². The van der Waals surface area contributed by atoms with Gasteiger partial charge in [0.15, 0.2) is 5.57 Å². The van der Waals surface area contributed by atoms with Gasteiger partial charge in [-0.3, -0.25) is 0 Å². The number of hydrogen-bond donors (Lipinski definition) is 3. The molecule has 3 N–H and O–H groups in total. The molecule has 1 rings (SSSR count). The molecule has 5 heteroatoms. The molecular weight excluding hydrogens is 222 g/mol. The van der Waals surface area contributed by atoms with Gasteiger partial charge in [0.2, 0.25) is 0 Å². The molecule has 1 aromatic rings. The van der Waals surface area contributed by atoms with Gasteiger partial charge in [-0.25, -0.2) is 9.59 Å². The van der Waals surface area contributed by atoms with Crippen LogP contribution in [0.5, 0.6) is 0 Å². The highest BCUT2D eigenvalue weighted by molar-refractivity contribution is 6.12. The quantitative estimate of drug-likeness (QED) is 0.420. The summed E-state index contributed by atoms with van der Waals surface area (Å²) in [4.78, 5) is 21.2. The Labute approximate surface area is 98.4 Å². The Hall–Kier alpha value is -2.30. The van der Waals surface area contributed by atoms with E-state index in [9.17, 15) is 9.59 Å². The Kier molecular flexibility index (Phi) is 3.87. The van der Waals surface area contributed by atoms with Crippen molar-refractivity contribution in [3.63, 3.8) is 0 Å². The molecule has 0 unspecified atom stereocenters. The highest BCUT2D eigenvalue weighted by Gasteiger charge is 2.15. The number of carbonyl (C=O) groups is 2. The zero-order valence-corrected chi connectivity index (χ0v) is 9.52. The molecule has 90 valence electrons. The molecule has 0 saturated carbocycles. The van der Waals surface area contributed by atoms with Crippen LogP contribution in [0.2, 0.25) is 0 Å². The maximum absolute atomic E-state index is 10.6. The Morgan fingerprint density at radius 2 is 1.76 bits per heavy atom. The van der Waals surface area contributed by atoms with Crippen LogP contribution in [0.1, 0.15) is 11.1 Å². The van der Waals surface area contributed by atoms with E-state index in [1.165, 1.54) is 0 Å². The maximum Gasteiger partial charge on any atom is 0.344 e. The van der Waals surface area contributed by atoms with Crippen LogP contribution < -0.4 is 5.32 Å². The average Bonchev–Trinajstić information content (AvgIpc) is 2.22. The summed E-state index contributed by atoms with van der Waals surface area (Å²) in [7, 11) is 0. The van der Waals surface area contributed by atoms with Gasteiger partial charge in [-0.05, 0) is 31.0 Å². The lowest BCUT2D eigenvalue weighted by Gasteiger charge is -2.07. The molecule has 0 aliphatic heterocycles. The molecule has 1 aromatic carbocycles. The Balaban J connectivity index is 2.98. The second-order valence-corrected chi connectivity index (χ2v) is 3.63. The number of benzene rings is 1. The van der Waals surface area contributed by atoms with Gasteiger partial charge >= 0.3 is 11.9 Å². The second-order valence-electron chi connectivity index (χ2n) is 3.63. The summed E-state index contributed by atoms with van der Waals surface area (Å²) in [6.07, 6.45) is 0.979. The number of hydrogen-bond acceptors (Lipinski definition) is 3. The zero-order chi connectivity index (χ0) is 13.0. The number of aryl methyl sites for hydroxylation is 2. The fourth-order valence-electron chi connectivity index (χ4n) is 1.26. The summed E-state index contributed by atoms with van der Waals surface area (Å²) >= 11 is 0. The molecule has 5 nitrogen and oxygen atoms in total. The zero-order valence-electron chi connectivity index (χ0n) is 9.52. The number of nitrogens with one attached hydrogen (secondary N) is 1. The normalized spacial score (nSPS) is 9.53. The first kappa shape index (κ1) is 12.8. The highest BCUT2D eigenvalue weighted by atomic mass is 16.4. The Bertz CT molecular complexity index is 475. The number of carboxylic acid groups (broad SMARTS) is 2. The number of rotatable bonds is 4. The molecule has 0 amide bonds. The first-order valence-electron chi connectivity index (χ1n) is 4.92. The van der Waals surface area contributed by atoms with Crippen molar-refractivity contribution in [2.75, 3.05) is 5.32 Å².